The van der Waals surface area contributed by atoms with E-state index >= 15 is 4.39 Å². The SMILES string of the molecule is CCC(=O)O[C@@H]1[C@H](C)C[C@H]2[C@@H]3CCC4=C(Cl)C(=O)C=C[C@]4(C)[C@@]3(F)[C@@H](O)C[C@]12C. The van der Waals surface area contributed by atoms with Crippen molar-refractivity contribution in [3.63, 3.8) is 0 Å². The minimum Gasteiger partial charge on any atom is -0.461 e. The second kappa shape index (κ2) is 6.65. The van der Waals surface area contributed by atoms with Crippen molar-refractivity contribution in [1.82, 2.24) is 0 Å². The highest BCUT2D eigenvalue weighted by Gasteiger charge is 2.72. The molecule has 0 spiro atoms. The van der Waals surface area contributed by atoms with E-state index in [1.807, 2.05) is 6.92 Å². The largest absolute Gasteiger partial charge is 0.461 e. The van der Waals surface area contributed by atoms with Crippen LogP contribution in [0.1, 0.15) is 59.8 Å². The van der Waals surface area contributed by atoms with Crippen LogP contribution < -0.4 is 0 Å². The van der Waals surface area contributed by atoms with E-state index in [9.17, 15) is 14.7 Å². The van der Waals surface area contributed by atoms with E-state index in [-0.39, 0.29) is 47.1 Å². The van der Waals surface area contributed by atoms with E-state index in [1.54, 1.807) is 19.9 Å². The lowest BCUT2D eigenvalue weighted by atomic mass is 9.46. The fourth-order valence-corrected chi connectivity index (χ4v) is 7.44. The van der Waals surface area contributed by atoms with Crippen molar-refractivity contribution in [2.75, 3.05) is 0 Å². The van der Waals surface area contributed by atoms with E-state index in [4.69, 9.17) is 16.3 Å². The first-order valence-corrected chi connectivity index (χ1v) is 11.1. The van der Waals surface area contributed by atoms with Crippen molar-refractivity contribution < 1.29 is 23.8 Å². The monoisotopic (exact) mass is 424 g/mol. The summed E-state index contributed by atoms with van der Waals surface area (Å²) in [5, 5.41) is 11.3. The first-order valence-electron chi connectivity index (χ1n) is 10.7. The fraction of sp³-hybridized carbons (Fsp3) is 0.739. The molecule has 0 aliphatic heterocycles. The number of ketones is 1. The Morgan fingerprint density at radius 2 is 2.07 bits per heavy atom. The van der Waals surface area contributed by atoms with Crippen molar-refractivity contribution in [1.29, 1.82) is 0 Å². The second-order valence-corrected chi connectivity index (χ2v) is 10.3. The lowest BCUT2D eigenvalue weighted by Gasteiger charge is -2.61. The van der Waals surface area contributed by atoms with Crippen molar-refractivity contribution in [2.45, 2.75) is 77.7 Å². The number of esters is 1. The summed E-state index contributed by atoms with van der Waals surface area (Å²) in [4.78, 5) is 24.1. The number of fused-ring (bicyclic) bond motifs is 5. The van der Waals surface area contributed by atoms with Gasteiger partial charge in [0.15, 0.2) is 11.5 Å². The molecule has 0 saturated heterocycles. The summed E-state index contributed by atoms with van der Waals surface area (Å²) in [5.41, 5.74) is -2.89. The number of alkyl halides is 1. The summed E-state index contributed by atoms with van der Waals surface area (Å²) in [5.74, 6) is -0.843. The number of carbonyl (C=O) groups is 2. The number of rotatable bonds is 2. The topological polar surface area (TPSA) is 63.6 Å². The summed E-state index contributed by atoms with van der Waals surface area (Å²) < 4.78 is 22.8. The molecule has 6 heteroatoms. The zero-order valence-electron chi connectivity index (χ0n) is 17.5. The molecule has 0 amide bonds. The number of ether oxygens (including phenoxy) is 1. The normalized spacial score (nSPS) is 48.8. The average Bonchev–Trinajstić information content (AvgIpc) is 2.90. The molecule has 29 heavy (non-hydrogen) atoms. The molecule has 0 aromatic heterocycles. The number of allylic oxidation sites excluding steroid dienone is 4. The predicted octanol–water partition coefficient (Wildman–Crippen LogP) is 4.49. The number of hydrogen-bond acceptors (Lipinski definition) is 4. The van der Waals surface area contributed by atoms with Crippen LogP contribution >= 0.6 is 11.6 Å². The van der Waals surface area contributed by atoms with Gasteiger partial charge in [-0.05, 0) is 56.1 Å². The zero-order chi connectivity index (χ0) is 21.4. The van der Waals surface area contributed by atoms with Crippen LogP contribution in [0.3, 0.4) is 0 Å². The maximum atomic E-state index is 17.0. The molecule has 0 heterocycles. The molecule has 0 radical (unpaired) electrons. The highest BCUT2D eigenvalue weighted by Crippen LogP contribution is 2.69. The lowest BCUT2D eigenvalue weighted by Crippen LogP contribution is -2.67. The van der Waals surface area contributed by atoms with Gasteiger partial charge in [-0.3, -0.25) is 9.59 Å². The van der Waals surface area contributed by atoms with Crippen LogP contribution in [0.25, 0.3) is 0 Å². The standard InChI is InChI=1S/C23H30ClFO4/c1-5-18(28)29-20-12(2)10-15-13-6-7-14-19(24)16(26)8-9-22(14,4)23(13,25)17(27)11-21(15,20)3/h8-9,12-13,15,17,20,27H,5-7,10-11H2,1-4H3/t12-,13+,15+,17+,20-,21+,22+,23+/m1/s1. The summed E-state index contributed by atoms with van der Waals surface area (Å²) in [6.07, 6.45) is 3.74. The summed E-state index contributed by atoms with van der Waals surface area (Å²) in [6.45, 7) is 7.62. The van der Waals surface area contributed by atoms with Gasteiger partial charge in [-0.2, -0.15) is 0 Å². The predicted molar refractivity (Wildman–Crippen MR) is 108 cm³/mol. The van der Waals surface area contributed by atoms with Gasteiger partial charge in [0.2, 0.25) is 0 Å². The number of aliphatic hydroxyl groups is 1. The molecule has 3 saturated carbocycles. The molecule has 0 bridgehead atoms. The highest BCUT2D eigenvalue weighted by molar-refractivity contribution is 6.45. The molecule has 0 aromatic carbocycles. The van der Waals surface area contributed by atoms with Crippen molar-refractivity contribution in [3.05, 3.63) is 22.8 Å². The average molecular weight is 425 g/mol. The number of hydrogen-bond donors (Lipinski definition) is 1. The summed E-state index contributed by atoms with van der Waals surface area (Å²) in [7, 11) is 0. The molecule has 4 aliphatic carbocycles. The zero-order valence-corrected chi connectivity index (χ0v) is 18.3. The van der Waals surface area contributed by atoms with E-state index in [1.165, 1.54) is 6.08 Å². The Morgan fingerprint density at radius 3 is 2.72 bits per heavy atom. The molecule has 160 valence electrons. The van der Waals surface area contributed by atoms with Gasteiger partial charge < -0.3 is 9.84 Å². The van der Waals surface area contributed by atoms with Crippen LogP contribution in [0.5, 0.6) is 0 Å². The number of carbonyl (C=O) groups excluding carboxylic acids is 2. The van der Waals surface area contributed by atoms with Gasteiger partial charge in [-0.25, -0.2) is 4.39 Å². The quantitative estimate of drug-likeness (QED) is 0.663. The highest BCUT2D eigenvalue weighted by atomic mass is 35.5. The van der Waals surface area contributed by atoms with Gasteiger partial charge in [0.05, 0.1) is 11.1 Å². The third kappa shape index (κ3) is 2.59. The maximum absolute atomic E-state index is 17.0. The van der Waals surface area contributed by atoms with Crippen LogP contribution in [0, 0.1) is 28.6 Å². The van der Waals surface area contributed by atoms with Crippen LogP contribution in [0.2, 0.25) is 0 Å². The van der Waals surface area contributed by atoms with E-state index < -0.39 is 22.6 Å². The molecule has 3 fully saturated rings. The Balaban J connectivity index is 1.77. The number of halogens is 2. The minimum atomic E-state index is -1.91. The van der Waals surface area contributed by atoms with Gasteiger partial charge in [0.25, 0.3) is 0 Å². The Labute approximate surface area is 176 Å². The van der Waals surface area contributed by atoms with Crippen molar-refractivity contribution in [2.24, 2.45) is 28.6 Å². The van der Waals surface area contributed by atoms with Gasteiger partial charge in [0.1, 0.15) is 6.10 Å². The minimum absolute atomic E-state index is 0.0104. The fourth-order valence-electron chi connectivity index (χ4n) is 7.09. The third-order valence-corrected chi connectivity index (χ3v) is 8.92. The molecule has 4 aliphatic rings. The molecule has 4 nitrogen and oxygen atoms in total. The van der Waals surface area contributed by atoms with Gasteiger partial charge in [-0.1, -0.05) is 38.4 Å². The van der Waals surface area contributed by atoms with Gasteiger partial charge in [0, 0.05) is 23.2 Å². The molecular weight excluding hydrogens is 395 g/mol. The first-order chi connectivity index (χ1) is 13.5. The third-order valence-electron chi connectivity index (χ3n) is 8.51. The smallest absolute Gasteiger partial charge is 0.305 e. The molecule has 1 N–H and O–H groups in total. The molecule has 4 rings (SSSR count). The van der Waals surface area contributed by atoms with Crippen LogP contribution in [-0.2, 0) is 14.3 Å². The van der Waals surface area contributed by atoms with E-state index in [0.29, 0.717) is 24.8 Å². The van der Waals surface area contributed by atoms with Gasteiger partial charge in [-0.15, -0.1) is 0 Å². The molecular formula is C23H30ClFO4. The first kappa shape index (κ1) is 21.0. The van der Waals surface area contributed by atoms with Crippen molar-refractivity contribution >= 4 is 23.4 Å². The maximum Gasteiger partial charge on any atom is 0.305 e. The van der Waals surface area contributed by atoms with Crippen molar-refractivity contribution in [3.8, 4) is 0 Å². The number of aliphatic hydroxyl groups excluding tert-OH is 1. The van der Waals surface area contributed by atoms with Gasteiger partial charge >= 0.3 is 5.97 Å². The Hall–Kier alpha value is -1.20. The lowest BCUT2D eigenvalue weighted by molar-refractivity contribution is -0.207. The molecule has 0 unspecified atom stereocenters. The summed E-state index contributed by atoms with van der Waals surface area (Å²) in [6, 6.07) is 0. The van der Waals surface area contributed by atoms with Crippen LogP contribution in [0.4, 0.5) is 4.39 Å². The van der Waals surface area contributed by atoms with E-state index in [0.717, 1.165) is 6.42 Å². The molecule has 0 aromatic rings. The Morgan fingerprint density at radius 1 is 1.38 bits per heavy atom. The summed E-state index contributed by atoms with van der Waals surface area (Å²) >= 11 is 6.30. The molecule has 8 atom stereocenters. The Kier molecular flexibility index (Phi) is 4.83. The Bertz CT molecular complexity index is 822. The second-order valence-electron chi connectivity index (χ2n) is 9.91. The van der Waals surface area contributed by atoms with E-state index in [2.05, 4.69) is 6.92 Å². The van der Waals surface area contributed by atoms with Crippen LogP contribution in [-0.4, -0.2) is 34.7 Å². The van der Waals surface area contributed by atoms with Crippen LogP contribution in [0.15, 0.2) is 22.8 Å².